The molecule has 3 rings (SSSR count). The average Bonchev–Trinajstić information content (AvgIpc) is 2.62. The van der Waals surface area contributed by atoms with Gasteiger partial charge in [0.2, 0.25) is 0 Å². The van der Waals surface area contributed by atoms with Crippen LogP contribution in [0.15, 0.2) is 12.2 Å². The molecule has 0 saturated carbocycles. The molecule has 0 aromatic carbocycles. The molecule has 5 unspecified atom stereocenters. The number of carbonyl (C=O) groups excluding carboxylic acids is 1. The Morgan fingerprint density at radius 3 is 2.59 bits per heavy atom. The average molecular weight is 259 g/mol. The van der Waals surface area contributed by atoms with E-state index >= 15 is 0 Å². The van der Waals surface area contributed by atoms with Crippen LogP contribution >= 0.6 is 11.6 Å². The Kier molecular flexibility index (Phi) is 2.20. The number of rotatable bonds is 0. The minimum absolute atomic E-state index is 0.157. The van der Waals surface area contributed by atoms with Crippen molar-refractivity contribution in [2.75, 3.05) is 0 Å². The minimum Gasteiger partial charge on any atom is -0.457 e. The molecule has 2 aliphatic heterocycles. The maximum absolute atomic E-state index is 11.7. The maximum Gasteiger partial charge on any atom is 0.328 e. The summed E-state index contributed by atoms with van der Waals surface area (Å²) in [4.78, 5) is 10.7. The lowest BCUT2D eigenvalue weighted by Gasteiger charge is -2.29. The van der Waals surface area contributed by atoms with Crippen molar-refractivity contribution in [2.24, 2.45) is 5.92 Å². The van der Waals surface area contributed by atoms with Crippen molar-refractivity contribution in [2.45, 2.75) is 49.7 Å². The van der Waals surface area contributed by atoms with E-state index in [0.29, 0.717) is 0 Å². The molecule has 3 aliphatic rings. The Balaban J connectivity index is 1.94. The molecule has 5 atom stereocenters. The van der Waals surface area contributed by atoms with Crippen molar-refractivity contribution < 1.29 is 19.0 Å². The van der Waals surface area contributed by atoms with Gasteiger partial charge in [0.1, 0.15) is 23.2 Å². The van der Waals surface area contributed by atoms with Crippen molar-refractivity contribution in [1.29, 1.82) is 0 Å². The van der Waals surface area contributed by atoms with E-state index in [-0.39, 0.29) is 30.2 Å². The molecule has 5 heteroatoms. The highest BCUT2D eigenvalue weighted by atomic mass is 35.5. The first-order valence-electron chi connectivity index (χ1n) is 5.75. The Morgan fingerprint density at radius 1 is 1.18 bits per heavy atom. The van der Waals surface area contributed by atoms with Crippen LogP contribution < -0.4 is 0 Å². The second-order valence-corrected chi connectivity index (χ2v) is 6.21. The van der Waals surface area contributed by atoms with Crippen molar-refractivity contribution in [1.82, 2.24) is 0 Å². The van der Waals surface area contributed by atoms with Crippen molar-refractivity contribution in [3.63, 3.8) is 0 Å². The van der Waals surface area contributed by atoms with E-state index in [1.807, 2.05) is 26.0 Å². The van der Waals surface area contributed by atoms with Crippen LogP contribution in [0.25, 0.3) is 0 Å². The lowest BCUT2D eigenvalue weighted by atomic mass is 9.83. The molecule has 0 aromatic rings. The highest BCUT2D eigenvalue weighted by Crippen LogP contribution is 2.46. The molecule has 2 fully saturated rings. The van der Waals surface area contributed by atoms with Crippen LogP contribution in [0.5, 0.6) is 0 Å². The lowest BCUT2D eigenvalue weighted by molar-refractivity contribution is -0.163. The second-order valence-electron chi connectivity index (χ2n) is 5.42. The smallest absolute Gasteiger partial charge is 0.328 e. The first kappa shape index (κ1) is 11.5. The van der Waals surface area contributed by atoms with Gasteiger partial charge in [-0.1, -0.05) is 12.2 Å². The molecule has 0 aromatic heterocycles. The Labute approximate surface area is 105 Å². The van der Waals surface area contributed by atoms with E-state index in [0.717, 1.165) is 0 Å². The topological polar surface area (TPSA) is 44.8 Å². The van der Waals surface area contributed by atoms with E-state index in [1.54, 1.807) is 6.92 Å². The van der Waals surface area contributed by atoms with E-state index in [9.17, 15) is 4.79 Å². The predicted octanol–water partition coefficient (Wildman–Crippen LogP) is 1.62. The highest BCUT2D eigenvalue weighted by molar-refractivity contribution is 6.34. The number of hydrogen-bond acceptors (Lipinski definition) is 4. The fraction of sp³-hybridized carbons (Fsp3) is 0.750. The van der Waals surface area contributed by atoms with Crippen LogP contribution in [0, 0.1) is 5.92 Å². The third kappa shape index (κ3) is 1.54. The molecule has 17 heavy (non-hydrogen) atoms. The predicted molar refractivity (Wildman–Crippen MR) is 60.6 cm³/mol. The fourth-order valence-corrected chi connectivity index (χ4v) is 3.01. The van der Waals surface area contributed by atoms with E-state index < -0.39 is 10.7 Å². The summed E-state index contributed by atoms with van der Waals surface area (Å²) in [6, 6.07) is 0. The van der Waals surface area contributed by atoms with E-state index in [2.05, 4.69) is 0 Å². The number of carbonyl (C=O) groups is 1. The molecular weight excluding hydrogens is 244 g/mol. The van der Waals surface area contributed by atoms with Crippen molar-refractivity contribution >= 4 is 17.6 Å². The van der Waals surface area contributed by atoms with Gasteiger partial charge >= 0.3 is 5.97 Å². The van der Waals surface area contributed by atoms with Crippen LogP contribution in [-0.2, 0) is 19.0 Å². The van der Waals surface area contributed by atoms with Gasteiger partial charge in [0.05, 0.1) is 0 Å². The maximum atomic E-state index is 11.7. The molecule has 1 aliphatic carbocycles. The third-order valence-electron chi connectivity index (χ3n) is 3.62. The summed E-state index contributed by atoms with van der Waals surface area (Å²) in [5.41, 5.74) is 0. The summed E-state index contributed by atoms with van der Waals surface area (Å²) in [7, 11) is 0. The molecule has 0 N–H and O–H groups in total. The van der Waals surface area contributed by atoms with Gasteiger partial charge in [-0.25, -0.2) is 0 Å². The van der Waals surface area contributed by atoms with Gasteiger partial charge < -0.3 is 14.2 Å². The van der Waals surface area contributed by atoms with Crippen LogP contribution in [-0.4, -0.2) is 34.9 Å². The Morgan fingerprint density at radius 2 is 1.88 bits per heavy atom. The summed E-state index contributed by atoms with van der Waals surface area (Å²) in [6.45, 7) is 5.39. The van der Waals surface area contributed by atoms with Gasteiger partial charge in [-0.2, -0.15) is 0 Å². The number of fused-ring (bicyclic) bond motifs is 3. The number of alkyl halides is 1. The first-order chi connectivity index (χ1) is 7.81. The number of halogens is 1. The Bertz CT molecular complexity index is 401. The summed E-state index contributed by atoms with van der Waals surface area (Å²) in [6.07, 6.45) is 3.06. The molecule has 0 bridgehead atoms. The van der Waals surface area contributed by atoms with E-state index in [1.165, 1.54) is 0 Å². The second kappa shape index (κ2) is 3.25. The summed E-state index contributed by atoms with van der Waals surface area (Å²) in [5.74, 6) is -1.19. The molecule has 0 amide bonds. The third-order valence-corrected chi connectivity index (χ3v) is 4.02. The quantitative estimate of drug-likeness (QED) is 0.376. The highest BCUT2D eigenvalue weighted by Gasteiger charge is 2.60. The van der Waals surface area contributed by atoms with Crippen molar-refractivity contribution in [3.8, 4) is 0 Å². The molecule has 2 heterocycles. The van der Waals surface area contributed by atoms with Crippen molar-refractivity contribution in [3.05, 3.63) is 12.2 Å². The molecule has 94 valence electrons. The van der Waals surface area contributed by atoms with Gasteiger partial charge in [-0.05, 0) is 20.8 Å². The summed E-state index contributed by atoms with van der Waals surface area (Å²) < 4.78 is 16.9. The minimum atomic E-state index is -0.998. The van der Waals surface area contributed by atoms with Crippen LogP contribution in [0.3, 0.4) is 0 Å². The largest absolute Gasteiger partial charge is 0.457 e. The van der Waals surface area contributed by atoms with Crippen LogP contribution in [0.2, 0.25) is 0 Å². The molecule has 4 nitrogen and oxygen atoms in total. The fourth-order valence-electron chi connectivity index (χ4n) is 2.77. The Hall–Kier alpha value is -0.580. The normalized spacial score (nSPS) is 50.9. The van der Waals surface area contributed by atoms with Crippen LogP contribution in [0.1, 0.15) is 20.8 Å². The number of esters is 1. The van der Waals surface area contributed by atoms with Gasteiger partial charge in [-0.3, -0.25) is 4.79 Å². The zero-order valence-corrected chi connectivity index (χ0v) is 10.7. The van der Waals surface area contributed by atoms with Gasteiger partial charge in [0.25, 0.3) is 0 Å². The molecule has 0 radical (unpaired) electrons. The molecular formula is C12H15ClO4. The lowest BCUT2D eigenvalue weighted by Crippen LogP contribution is -2.44. The SMILES string of the molecule is CC1(C)OC2C=CC3C(OC(=O)C3(C)Cl)C2O1. The van der Waals surface area contributed by atoms with E-state index in [4.69, 9.17) is 25.8 Å². The zero-order chi connectivity index (χ0) is 12.4. The van der Waals surface area contributed by atoms with Gasteiger partial charge in [0.15, 0.2) is 5.79 Å². The van der Waals surface area contributed by atoms with Crippen LogP contribution in [0.4, 0.5) is 0 Å². The standard InChI is InChI=1S/C12H15ClO4/c1-11(2)16-7-5-4-6-8(9(7)17-11)15-10(14)12(6,3)13/h4-9H,1-3H3. The van der Waals surface area contributed by atoms with Gasteiger partial charge in [-0.15, -0.1) is 11.6 Å². The molecule has 2 saturated heterocycles. The summed E-state index contributed by atoms with van der Waals surface area (Å²) >= 11 is 6.23. The molecule has 0 spiro atoms. The van der Waals surface area contributed by atoms with Gasteiger partial charge in [0, 0.05) is 5.92 Å². The monoisotopic (exact) mass is 258 g/mol. The zero-order valence-electron chi connectivity index (χ0n) is 9.98. The number of ether oxygens (including phenoxy) is 3. The number of hydrogen-bond donors (Lipinski definition) is 0. The summed E-state index contributed by atoms with van der Waals surface area (Å²) in [5, 5.41) is 0. The first-order valence-corrected chi connectivity index (χ1v) is 6.13.